The average molecular weight is 265 g/mol. The van der Waals surface area contributed by atoms with E-state index in [4.69, 9.17) is 0 Å². The summed E-state index contributed by atoms with van der Waals surface area (Å²) in [7, 11) is -0.627. The van der Waals surface area contributed by atoms with Gasteiger partial charge in [-0.05, 0) is 18.9 Å². The largest absolute Gasteiger partial charge is 0.355 e. The van der Waals surface area contributed by atoms with Gasteiger partial charge in [-0.15, -0.1) is 0 Å². The number of aromatic nitrogens is 1. The lowest BCUT2D eigenvalue weighted by molar-refractivity contribution is 0.666. The summed E-state index contributed by atoms with van der Waals surface area (Å²) < 4.78 is 11.4. The van der Waals surface area contributed by atoms with Gasteiger partial charge in [0.25, 0.3) is 0 Å². The Hall–Kier alpha value is -0.940. The minimum Gasteiger partial charge on any atom is -0.355 e. The highest BCUT2D eigenvalue weighted by Crippen LogP contribution is 2.22. The molecule has 1 saturated carbocycles. The third-order valence-corrected chi connectivity index (χ3v) is 4.78. The molecule has 0 amide bonds. The predicted octanol–water partition coefficient (Wildman–Crippen LogP) is 0.902. The van der Waals surface area contributed by atoms with Crippen molar-refractivity contribution in [2.75, 3.05) is 29.5 Å². The molecule has 0 spiro atoms. The summed E-state index contributed by atoms with van der Waals surface area (Å²) in [4.78, 5) is 6.78. The lowest BCUT2D eigenvalue weighted by Crippen LogP contribution is -2.39. The van der Waals surface area contributed by atoms with Crippen molar-refractivity contribution in [1.29, 1.82) is 0 Å². The molecule has 1 saturated heterocycles. The number of hydrogen-bond acceptors (Lipinski definition) is 4. The number of rotatable bonds is 4. The van der Waals surface area contributed by atoms with E-state index >= 15 is 0 Å². The first-order valence-electron chi connectivity index (χ1n) is 6.60. The summed E-state index contributed by atoms with van der Waals surface area (Å²) in [5.41, 5.74) is 1.26. The SMILES string of the molecule is O=S1CCN(c2ncccc2CNC2CC2)CC1. The number of nitrogens with zero attached hydrogens (tertiary/aromatic N) is 2. The van der Waals surface area contributed by atoms with Crippen LogP contribution in [0.1, 0.15) is 18.4 Å². The molecule has 4 nitrogen and oxygen atoms in total. The molecule has 5 heteroatoms. The van der Waals surface area contributed by atoms with E-state index in [9.17, 15) is 4.21 Å². The molecule has 1 aliphatic carbocycles. The Balaban J connectivity index is 1.70. The highest BCUT2D eigenvalue weighted by Gasteiger charge is 2.22. The molecular weight excluding hydrogens is 246 g/mol. The molecule has 1 aliphatic heterocycles. The summed E-state index contributed by atoms with van der Waals surface area (Å²) in [5.74, 6) is 2.61. The highest BCUT2D eigenvalue weighted by atomic mass is 32.2. The van der Waals surface area contributed by atoms with Crippen molar-refractivity contribution in [3.05, 3.63) is 23.9 Å². The van der Waals surface area contributed by atoms with E-state index in [0.29, 0.717) is 6.04 Å². The van der Waals surface area contributed by atoms with Gasteiger partial charge in [0.15, 0.2) is 0 Å². The Morgan fingerprint density at radius 2 is 2.17 bits per heavy atom. The Labute approximate surface area is 110 Å². The zero-order valence-electron chi connectivity index (χ0n) is 10.5. The maximum atomic E-state index is 11.4. The Bertz CT molecular complexity index is 438. The molecule has 0 atom stereocenters. The number of anilines is 1. The lowest BCUT2D eigenvalue weighted by atomic mass is 10.2. The van der Waals surface area contributed by atoms with Crippen LogP contribution in [0.3, 0.4) is 0 Å². The molecule has 0 radical (unpaired) electrons. The van der Waals surface area contributed by atoms with E-state index in [1.54, 1.807) is 0 Å². The van der Waals surface area contributed by atoms with Crippen LogP contribution in [0.2, 0.25) is 0 Å². The molecule has 2 aliphatic rings. The Morgan fingerprint density at radius 3 is 2.89 bits per heavy atom. The zero-order chi connectivity index (χ0) is 12.4. The van der Waals surface area contributed by atoms with Gasteiger partial charge in [-0.3, -0.25) is 4.21 Å². The van der Waals surface area contributed by atoms with Crippen molar-refractivity contribution in [1.82, 2.24) is 10.3 Å². The number of hydrogen-bond donors (Lipinski definition) is 1. The quantitative estimate of drug-likeness (QED) is 0.878. The molecule has 1 aromatic rings. The van der Waals surface area contributed by atoms with Crippen LogP contribution in [-0.2, 0) is 17.3 Å². The second-order valence-corrected chi connectivity index (χ2v) is 6.67. The molecule has 1 aromatic heterocycles. The molecule has 2 heterocycles. The van der Waals surface area contributed by atoms with Gasteiger partial charge in [-0.2, -0.15) is 0 Å². The van der Waals surface area contributed by atoms with Gasteiger partial charge in [-0.1, -0.05) is 6.07 Å². The van der Waals surface area contributed by atoms with Crippen molar-refractivity contribution in [2.24, 2.45) is 0 Å². The molecule has 0 unspecified atom stereocenters. The van der Waals surface area contributed by atoms with Crippen LogP contribution in [0.15, 0.2) is 18.3 Å². The smallest absolute Gasteiger partial charge is 0.133 e. The fourth-order valence-electron chi connectivity index (χ4n) is 2.24. The van der Waals surface area contributed by atoms with E-state index in [2.05, 4.69) is 21.3 Å². The van der Waals surface area contributed by atoms with Crippen LogP contribution in [-0.4, -0.2) is 39.8 Å². The number of nitrogens with one attached hydrogen (secondary N) is 1. The van der Waals surface area contributed by atoms with Crippen molar-refractivity contribution in [3.8, 4) is 0 Å². The van der Waals surface area contributed by atoms with Crippen LogP contribution in [0.4, 0.5) is 5.82 Å². The molecule has 0 bridgehead atoms. The maximum absolute atomic E-state index is 11.4. The van der Waals surface area contributed by atoms with Crippen LogP contribution in [0, 0.1) is 0 Å². The minimum atomic E-state index is -0.627. The van der Waals surface area contributed by atoms with Crippen LogP contribution in [0.5, 0.6) is 0 Å². The average Bonchev–Trinajstić information content (AvgIpc) is 3.22. The normalized spacial score (nSPS) is 21.2. The predicted molar refractivity (Wildman–Crippen MR) is 74.2 cm³/mol. The highest BCUT2D eigenvalue weighted by molar-refractivity contribution is 7.85. The third kappa shape index (κ3) is 2.90. The summed E-state index contributed by atoms with van der Waals surface area (Å²) in [6.45, 7) is 2.62. The van der Waals surface area contributed by atoms with Crippen molar-refractivity contribution >= 4 is 16.6 Å². The summed E-state index contributed by atoms with van der Waals surface area (Å²) in [5, 5.41) is 3.53. The standard InChI is InChI=1S/C13H19N3OS/c17-18-8-6-16(7-9-18)13-11(2-1-5-14-13)10-15-12-3-4-12/h1-2,5,12,15H,3-4,6-10H2. The van der Waals surface area contributed by atoms with Crippen LogP contribution < -0.4 is 10.2 Å². The lowest BCUT2D eigenvalue weighted by Gasteiger charge is -2.29. The van der Waals surface area contributed by atoms with Gasteiger partial charge >= 0.3 is 0 Å². The van der Waals surface area contributed by atoms with E-state index in [1.807, 2.05) is 12.3 Å². The first kappa shape index (κ1) is 12.1. The van der Waals surface area contributed by atoms with Gasteiger partial charge < -0.3 is 10.2 Å². The maximum Gasteiger partial charge on any atom is 0.133 e. The first-order valence-corrected chi connectivity index (χ1v) is 8.09. The molecule has 0 aromatic carbocycles. The van der Waals surface area contributed by atoms with Crippen molar-refractivity contribution in [2.45, 2.75) is 25.4 Å². The Kier molecular flexibility index (Phi) is 3.61. The van der Waals surface area contributed by atoms with Gasteiger partial charge in [0.1, 0.15) is 5.82 Å². The fourth-order valence-corrected chi connectivity index (χ4v) is 3.30. The topological polar surface area (TPSA) is 45.2 Å². The van der Waals surface area contributed by atoms with Crippen molar-refractivity contribution in [3.63, 3.8) is 0 Å². The van der Waals surface area contributed by atoms with E-state index in [1.165, 1.54) is 18.4 Å². The van der Waals surface area contributed by atoms with E-state index in [0.717, 1.165) is 37.0 Å². The molecule has 3 rings (SSSR count). The van der Waals surface area contributed by atoms with E-state index < -0.39 is 10.8 Å². The third-order valence-electron chi connectivity index (χ3n) is 3.50. The zero-order valence-corrected chi connectivity index (χ0v) is 11.3. The molecule has 1 N–H and O–H groups in total. The molecule has 2 fully saturated rings. The minimum absolute atomic E-state index is 0.627. The second-order valence-electron chi connectivity index (χ2n) is 4.98. The van der Waals surface area contributed by atoms with Crippen LogP contribution >= 0.6 is 0 Å². The van der Waals surface area contributed by atoms with Gasteiger partial charge in [-0.25, -0.2) is 4.98 Å². The second kappa shape index (κ2) is 5.36. The number of pyridine rings is 1. The van der Waals surface area contributed by atoms with Gasteiger partial charge in [0, 0.05) is 59.7 Å². The van der Waals surface area contributed by atoms with E-state index in [-0.39, 0.29) is 0 Å². The summed E-state index contributed by atoms with van der Waals surface area (Å²) in [6.07, 6.45) is 4.46. The molecule has 98 valence electrons. The fraction of sp³-hybridized carbons (Fsp3) is 0.615. The van der Waals surface area contributed by atoms with Crippen molar-refractivity contribution < 1.29 is 4.21 Å². The van der Waals surface area contributed by atoms with Crippen LogP contribution in [0.25, 0.3) is 0 Å². The Morgan fingerprint density at radius 1 is 1.39 bits per heavy atom. The van der Waals surface area contributed by atoms with Gasteiger partial charge in [0.2, 0.25) is 0 Å². The monoisotopic (exact) mass is 265 g/mol. The summed E-state index contributed by atoms with van der Waals surface area (Å²) >= 11 is 0. The first-order chi connectivity index (χ1) is 8.83. The molecule has 18 heavy (non-hydrogen) atoms. The molecular formula is C13H19N3OS. The van der Waals surface area contributed by atoms with Gasteiger partial charge in [0.05, 0.1) is 0 Å². The summed E-state index contributed by atoms with van der Waals surface area (Å²) in [6, 6.07) is 4.85.